The van der Waals surface area contributed by atoms with Crippen molar-refractivity contribution in [1.82, 2.24) is 9.88 Å². The second kappa shape index (κ2) is 7.61. The molecule has 7 heteroatoms. The maximum absolute atomic E-state index is 12.6. The predicted octanol–water partition coefficient (Wildman–Crippen LogP) is 1.22. The Morgan fingerprint density at radius 2 is 2.38 bits per heavy atom. The number of carbonyl (C=O) groups is 2. The summed E-state index contributed by atoms with van der Waals surface area (Å²) in [6.07, 6.45) is 4.55. The topological polar surface area (TPSA) is 72.0 Å². The fourth-order valence-corrected chi connectivity index (χ4v) is 3.02. The molecule has 1 fully saturated rings. The second-order valence-corrected chi connectivity index (χ2v) is 6.07. The van der Waals surface area contributed by atoms with E-state index >= 15 is 0 Å². The van der Waals surface area contributed by atoms with Crippen LogP contribution >= 0.6 is 0 Å². The lowest BCUT2D eigenvalue weighted by molar-refractivity contribution is -0.135. The smallest absolute Gasteiger partial charge is 0.266 e. The van der Waals surface area contributed by atoms with Gasteiger partial charge in [0.25, 0.3) is 5.91 Å². The summed E-state index contributed by atoms with van der Waals surface area (Å²) in [4.78, 5) is 32.2. The van der Waals surface area contributed by atoms with Crippen molar-refractivity contribution in [3.05, 3.63) is 18.3 Å². The van der Waals surface area contributed by atoms with Crippen molar-refractivity contribution in [3.63, 3.8) is 0 Å². The Morgan fingerprint density at radius 1 is 1.50 bits per heavy atom. The molecular formula is C17H23N3O4. The summed E-state index contributed by atoms with van der Waals surface area (Å²) in [5.74, 6) is 0.627. The van der Waals surface area contributed by atoms with Gasteiger partial charge in [0.15, 0.2) is 18.2 Å². The Hall–Kier alpha value is -2.15. The summed E-state index contributed by atoms with van der Waals surface area (Å²) in [6.45, 7) is 4.01. The lowest BCUT2D eigenvalue weighted by Gasteiger charge is -2.35. The van der Waals surface area contributed by atoms with Crippen LogP contribution in [0.2, 0.25) is 0 Å². The molecule has 24 heavy (non-hydrogen) atoms. The predicted molar refractivity (Wildman–Crippen MR) is 87.9 cm³/mol. The molecule has 0 aromatic carbocycles. The van der Waals surface area contributed by atoms with E-state index in [1.165, 1.54) is 4.90 Å². The SMILES string of the molecule is CCCOC1CCCN(C(=O)CN2C(=O)COc3cccnc32)C1. The van der Waals surface area contributed by atoms with Gasteiger partial charge in [-0.25, -0.2) is 4.98 Å². The van der Waals surface area contributed by atoms with Crippen molar-refractivity contribution >= 4 is 17.6 Å². The van der Waals surface area contributed by atoms with Crippen LogP contribution in [0.3, 0.4) is 0 Å². The summed E-state index contributed by atoms with van der Waals surface area (Å²) in [7, 11) is 0. The molecule has 1 atom stereocenters. The first-order valence-electron chi connectivity index (χ1n) is 8.46. The quantitative estimate of drug-likeness (QED) is 0.810. The molecule has 0 aliphatic carbocycles. The molecule has 0 N–H and O–H groups in total. The van der Waals surface area contributed by atoms with E-state index in [1.54, 1.807) is 23.2 Å². The van der Waals surface area contributed by atoms with Gasteiger partial charge in [-0.15, -0.1) is 0 Å². The van der Waals surface area contributed by atoms with Crippen LogP contribution in [0.4, 0.5) is 5.82 Å². The molecule has 130 valence electrons. The average Bonchev–Trinajstić information content (AvgIpc) is 2.62. The molecule has 0 spiro atoms. The zero-order valence-corrected chi connectivity index (χ0v) is 13.9. The maximum Gasteiger partial charge on any atom is 0.266 e. The number of nitrogens with zero attached hydrogens (tertiary/aromatic N) is 3. The Kier molecular flexibility index (Phi) is 5.30. The van der Waals surface area contributed by atoms with Gasteiger partial charge in [0.05, 0.1) is 6.10 Å². The van der Waals surface area contributed by atoms with E-state index < -0.39 is 0 Å². The number of likely N-dealkylation sites (tertiary alicyclic amines) is 1. The number of carbonyl (C=O) groups excluding carboxylic acids is 2. The molecule has 3 heterocycles. The van der Waals surface area contributed by atoms with Crippen LogP contribution in [0.5, 0.6) is 5.75 Å². The van der Waals surface area contributed by atoms with E-state index in [1.807, 2.05) is 0 Å². The van der Waals surface area contributed by atoms with Crippen LogP contribution in [-0.2, 0) is 14.3 Å². The van der Waals surface area contributed by atoms with Crippen LogP contribution in [0, 0.1) is 0 Å². The van der Waals surface area contributed by atoms with Gasteiger partial charge in [-0.2, -0.15) is 0 Å². The molecule has 1 aromatic rings. The summed E-state index contributed by atoms with van der Waals surface area (Å²) >= 11 is 0. The summed E-state index contributed by atoms with van der Waals surface area (Å²) < 4.78 is 11.1. The van der Waals surface area contributed by atoms with Crippen LogP contribution in [0.1, 0.15) is 26.2 Å². The fraction of sp³-hybridized carbons (Fsp3) is 0.588. The Morgan fingerprint density at radius 3 is 3.21 bits per heavy atom. The second-order valence-electron chi connectivity index (χ2n) is 6.07. The van der Waals surface area contributed by atoms with E-state index in [2.05, 4.69) is 11.9 Å². The standard InChI is InChI=1S/C17H23N3O4/c1-2-9-23-13-5-4-8-19(10-13)15(21)11-20-16(22)12-24-14-6-3-7-18-17(14)20/h3,6-7,13H,2,4-5,8-12H2,1H3. The van der Waals surface area contributed by atoms with Gasteiger partial charge in [0.1, 0.15) is 6.54 Å². The van der Waals surface area contributed by atoms with Crippen molar-refractivity contribution in [2.24, 2.45) is 0 Å². The van der Waals surface area contributed by atoms with Crippen molar-refractivity contribution in [3.8, 4) is 5.75 Å². The number of hydrogen-bond donors (Lipinski definition) is 0. The largest absolute Gasteiger partial charge is 0.480 e. The lowest BCUT2D eigenvalue weighted by Crippen LogP contribution is -2.50. The van der Waals surface area contributed by atoms with E-state index in [4.69, 9.17) is 9.47 Å². The highest BCUT2D eigenvalue weighted by atomic mass is 16.5. The minimum atomic E-state index is -0.245. The number of pyridine rings is 1. The molecular weight excluding hydrogens is 310 g/mol. The number of amides is 2. The van der Waals surface area contributed by atoms with E-state index in [9.17, 15) is 9.59 Å². The third-order valence-corrected chi connectivity index (χ3v) is 4.24. The third-order valence-electron chi connectivity index (χ3n) is 4.24. The van der Waals surface area contributed by atoms with Crippen LogP contribution < -0.4 is 9.64 Å². The summed E-state index contributed by atoms with van der Waals surface area (Å²) in [5.41, 5.74) is 0. The first-order valence-corrected chi connectivity index (χ1v) is 8.46. The number of aromatic nitrogens is 1. The van der Waals surface area contributed by atoms with Crippen LogP contribution in [0.25, 0.3) is 0 Å². The van der Waals surface area contributed by atoms with Gasteiger partial charge in [-0.05, 0) is 31.4 Å². The van der Waals surface area contributed by atoms with Crippen molar-refractivity contribution in [1.29, 1.82) is 0 Å². The highest BCUT2D eigenvalue weighted by Crippen LogP contribution is 2.29. The van der Waals surface area contributed by atoms with Gasteiger partial charge in [-0.1, -0.05) is 6.92 Å². The Balaban J connectivity index is 1.65. The van der Waals surface area contributed by atoms with Crippen molar-refractivity contribution < 1.29 is 19.1 Å². The van der Waals surface area contributed by atoms with Gasteiger partial charge in [-0.3, -0.25) is 14.5 Å². The van der Waals surface area contributed by atoms with Gasteiger partial charge in [0.2, 0.25) is 5.91 Å². The first-order chi connectivity index (χ1) is 11.7. The molecule has 0 saturated carbocycles. The molecule has 0 radical (unpaired) electrons. The molecule has 7 nitrogen and oxygen atoms in total. The minimum Gasteiger partial charge on any atom is -0.480 e. The van der Waals surface area contributed by atoms with E-state index in [0.717, 1.165) is 19.3 Å². The summed E-state index contributed by atoms with van der Waals surface area (Å²) in [6, 6.07) is 3.50. The molecule has 0 bridgehead atoms. The highest BCUT2D eigenvalue weighted by Gasteiger charge is 2.31. The Bertz CT molecular complexity index is 607. The van der Waals surface area contributed by atoms with Gasteiger partial charge in [0, 0.05) is 25.9 Å². The fourth-order valence-electron chi connectivity index (χ4n) is 3.02. The number of fused-ring (bicyclic) bond motifs is 1. The summed E-state index contributed by atoms with van der Waals surface area (Å²) in [5, 5.41) is 0. The molecule has 3 rings (SSSR count). The zero-order chi connectivity index (χ0) is 16.9. The van der Waals surface area contributed by atoms with Crippen molar-refractivity contribution in [2.45, 2.75) is 32.3 Å². The van der Waals surface area contributed by atoms with E-state index in [-0.39, 0.29) is 31.1 Å². The first kappa shape index (κ1) is 16.7. The highest BCUT2D eigenvalue weighted by molar-refractivity contribution is 6.01. The molecule has 1 saturated heterocycles. The van der Waals surface area contributed by atoms with E-state index in [0.29, 0.717) is 31.3 Å². The number of piperidine rings is 1. The monoisotopic (exact) mass is 333 g/mol. The minimum absolute atomic E-state index is 0.00724. The normalized spacial score (nSPS) is 20.5. The number of ether oxygens (including phenoxy) is 2. The lowest BCUT2D eigenvalue weighted by atomic mass is 10.1. The van der Waals surface area contributed by atoms with Crippen LogP contribution in [0.15, 0.2) is 18.3 Å². The number of rotatable bonds is 5. The molecule has 1 aromatic heterocycles. The van der Waals surface area contributed by atoms with Gasteiger partial charge < -0.3 is 14.4 Å². The third kappa shape index (κ3) is 3.67. The maximum atomic E-state index is 12.6. The molecule has 1 unspecified atom stereocenters. The van der Waals surface area contributed by atoms with Crippen molar-refractivity contribution in [2.75, 3.05) is 37.7 Å². The van der Waals surface area contributed by atoms with Gasteiger partial charge >= 0.3 is 0 Å². The Labute approximate surface area is 141 Å². The average molecular weight is 333 g/mol. The van der Waals surface area contributed by atoms with Crippen LogP contribution in [-0.4, -0.2) is 60.7 Å². The molecule has 2 aliphatic rings. The molecule has 2 aliphatic heterocycles. The number of hydrogen-bond acceptors (Lipinski definition) is 5. The number of anilines is 1. The molecule has 2 amide bonds. The zero-order valence-electron chi connectivity index (χ0n) is 13.9.